The Morgan fingerprint density at radius 1 is 1.15 bits per heavy atom. The van der Waals surface area contributed by atoms with Crippen LogP contribution in [0.25, 0.3) is 0 Å². The molecule has 0 aromatic heterocycles. The molecule has 0 fully saturated rings. The van der Waals surface area contributed by atoms with E-state index in [1.807, 2.05) is 0 Å². The van der Waals surface area contributed by atoms with Crippen molar-refractivity contribution in [2.45, 2.75) is 46.1 Å². The number of hydrogen-bond acceptors (Lipinski definition) is 3. The van der Waals surface area contributed by atoms with Gasteiger partial charge in [-0.2, -0.15) is 0 Å². The zero-order valence-electron chi connectivity index (χ0n) is 12.9. The van der Waals surface area contributed by atoms with Gasteiger partial charge in [-0.15, -0.1) is 0 Å². The Kier molecular flexibility index (Phi) is 5.72. The van der Waals surface area contributed by atoms with E-state index in [1.54, 1.807) is 0 Å². The Labute approximate surface area is 122 Å². The minimum Gasteiger partial charge on any atom is -0.490 e. The maximum Gasteiger partial charge on any atom is 0.161 e. The third kappa shape index (κ3) is 4.14. The third-order valence-corrected chi connectivity index (χ3v) is 3.52. The zero-order valence-corrected chi connectivity index (χ0v) is 12.9. The van der Waals surface area contributed by atoms with Gasteiger partial charge >= 0.3 is 0 Å². The first-order valence-corrected chi connectivity index (χ1v) is 7.83. The number of benzene rings is 1. The Morgan fingerprint density at radius 3 is 2.60 bits per heavy atom. The van der Waals surface area contributed by atoms with Gasteiger partial charge in [-0.05, 0) is 43.0 Å². The van der Waals surface area contributed by atoms with Crippen LogP contribution in [0.2, 0.25) is 0 Å². The molecule has 0 amide bonds. The monoisotopic (exact) mass is 277 g/mol. The Hall–Kier alpha value is -1.22. The van der Waals surface area contributed by atoms with Gasteiger partial charge in [-0.3, -0.25) is 0 Å². The van der Waals surface area contributed by atoms with E-state index in [0.717, 1.165) is 50.5 Å². The van der Waals surface area contributed by atoms with Gasteiger partial charge in [-0.25, -0.2) is 0 Å². The number of rotatable bonds is 6. The predicted octanol–water partition coefficient (Wildman–Crippen LogP) is 3.93. The molecule has 1 aliphatic heterocycles. The number of fused-ring (bicyclic) bond motifs is 1. The van der Waals surface area contributed by atoms with Crippen LogP contribution in [-0.4, -0.2) is 19.8 Å². The molecule has 1 aromatic rings. The van der Waals surface area contributed by atoms with Crippen LogP contribution >= 0.6 is 0 Å². The van der Waals surface area contributed by atoms with Gasteiger partial charge in [0.05, 0.1) is 13.2 Å². The lowest BCUT2D eigenvalue weighted by Gasteiger charge is -2.22. The summed E-state index contributed by atoms with van der Waals surface area (Å²) in [6.07, 6.45) is 3.24. The fraction of sp³-hybridized carbons (Fsp3) is 0.647. The predicted molar refractivity (Wildman–Crippen MR) is 82.5 cm³/mol. The van der Waals surface area contributed by atoms with Crippen molar-refractivity contribution in [3.63, 3.8) is 0 Å². The topological polar surface area (TPSA) is 30.5 Å². The van der Waals surface area contributed by atoms with Gasteiger partial charge in [0.2, 0.25) is 0 Å². The lowest BCUT2D eigenvalue weighted by molar-refractivity contribution is 0.297. The number of nitrogens with one attached hydrogen (secondary N) is 1. The van der Waals surface area contributed by atoms with Gasteiger partial charge in [0, 0.05) is 12.5 Å². The van der Waals surface area contributed by atoms with E-state index in [9.17, 15) is 0 Å². The molecule has 2 rings (SSSR count). The summed E-state index contributed by atoms with van der Waals surface area (Å²) in [5, 5.41) is 3.64. The van der Waals surface area contributed by atoms with Gasteiger partial charge in [-0.1, -0.05) is 26.8 Å². The summed E-state index contributed by atoms with van der Waals surface area (Å²) in [7, 11) is 0. The average Bonchev–Trinajstić information content (AvgIpc) is 2.67. The van der Waals surface area contributed by atoms with Crippen LogP contribution in [0.15, 0.2) is 18.2 Å². The highest BCUT2D eigenvalue weighted by Gasteiger charge is 2.17. The van der Waals surface area contributed by atoms with Gasteiger partial charge in [0.25, 0.3) is 0 Å². The van der Waals surface area contributed by atoms with Crippen LogP contribution < -0.4 is 14.8 Å². The van der Waals surface area contributed by atoms with Crippen LogP contribution in [0, 0.1) is 5.92 Å². The normalized spacial score (nSPS) is 16.0. The summed E-state index contributed by atoms with van der Waals surface area (Å²) >= 11 is 0. The largest absolute Gasteiger partial charge is 0.490 e. The second-order valence-electron chi connectivity index (χ2n) is 5.89. The van der Waals surface area contributed by atoms with E-state index in [1.165, 1.54) is 5.56 Å². The van der Waals surface area contributed by atoms with Gasteiger partial charge in [0.15, 0.2) is 11.5 Å². The average molecular weight is 277 g/mol. The summed E-state index contributed by atoms with van der Waals surface area (Å²) in [5.41, 5.74) is 1.30. The van der Waals surface area contributed by atoms with Crippen molar-refractivity contribution in [1.29, 1.82) is 0 Å². The van der Waals surface area contributed by atoms with Crippen molar-refractivity contribution in [2.24, 2.45) is 5.92 Å². The van der Waals surface area contributed by atoms with E-state index in [-0.39, 0.29) is 0 Å². The molecule has 3 heteroatoms. The fourth-order valence-corrected chi connectivity index (χ4v) is 2.52. The molecule has 0 aliphatic carbocycles. The molecule has 3 nitrogen and oxygen atoms in total. The molecule has 1 N–H and O–H groups in total. The first-order chi connectivity index (χ1) is 9.70. The Morgan fingerprint density at radius 2 is 1.90 bits per heavy atom. The molecule has 1 unspecified atom stereocenters. The molecular weight excluding hydrogens is 250 g/mol. The third-order valence-electron chi connectivity index (χ3n) is 3.52. The van der Waals surface area contributed by atoms with Crippen molar-refractivity contribution in [3.05, 3.63) is 23.8 Å². The second kappa shape index (κ2) is 7.53. The molecule has 112 valence electrons. The molecule has 1 heterocycles. The van der Waals surface area contributed by atoms with E-state index in [4.69, 9.17) is 9.47 Å². The maximum atomic E-state index is 5.80. The van der Waals surface area contributed by atoms with E-state index >= 15 is 0 Å². The van der Waals surface area contributed by atoms with E-state index < -0.39 is 0 Å². The molecule has 0 bridgehead atoms. The Balaban J connectivity index is 2.17. The molecular formula is C17H27NO2. The van der Waals surface area contributed by atoms with E-state index in [0.29, 0.717) is 12.0 Å². The molecule has 0 saturated heterocycles. The summed E-state index contributed by atoms with van der Waals surface area (Å²) in [6.45, 7) is 9.27. The van der Waals surface area contributed by atoms with Gasteiger partial charge in [0.1, 0.15) is 0 Å². The summed E-state index contributed by atoms with van der Waals surface area (Å²) < 4.78 is 11.5. The molecule has 20 heavy (non-hydrogen) atoms. The minimum atomic E-state index is 0.395. The first-order valence-electron chi connectivity index (χ1n) is 7.83. The smallest absolute Gasteiger partial charge is 0.161 e. The molecule has 1 aliphatic rings. The SMILES string of the molecule is CCCNC(CC(C)C)c1ccc2c(c1)OCCCO2. The van der Waals surface area contributed by atoms with Crippen molar-refractivity contribution in [2.75, 3.05) is 19.8 Å². The van der Waals surface area contributed by atoms with Crippen LogP contribution in [-0.2, 0) is 0 Å². The van der Waals surface area contributed by atoms with Crippen LogP contribution in [0.3, 0.4) is 0 Å². The molecule has 0 radical (unpaired) electrons. The van der Waals surface area contributed by atoms with Crippen molar-refractivity contribution in [3.8, 4) is 11.5 Å². The van der Waals surface area contributed by atoms with Crippen molar-refractivity contribution >= 4 is 0 Å². The second-order valence-corrected chi connectivity index (χ2v) is 5.89. The van der Waals surface area contributed by atoms with Gasteiger partial charge < -0.3 is 14.8 Å². The van der Waals surface area contributed by atoms with Crippen LogP contribution in [0.5, 0.6) is 11.5 Å². The van der Waals surface area contributed by atoms with Crippen LogP contribution in [0.1, 0.15) is 51.6 Å². The minimum absolute atomic E-state index is 0.395. The van der Waals surface area contributed by atoms with E-state index in [2.05, 4.69) is 44.3 Å². The molecule has 0 spiro atoms. The lowest BCUT2D eigenvalue weighted by atomic mass is 9.96. The lowest BCUT2D eigenvalue weighted by Crippen LogP contribution is -2.23. The highest BCUT2D eigenvalue weighted by molar-refractivity contribution is 5.44. The quantitative estimate of drug-likeness (QED) is 0.854. The maximum absolute atomic E-state index is 5.80. The van der Waals surface area contributed by atoms with Crippen LogP contribution in [0.4, 0.5) is 0 Å². The highest BCUT2D eigenvalue weighted by atomic mass is 16.5. The summed E-state index contributed by atoms with van der Waals surface area (Å²) in [6, 6.07) is 6.77. The zero-order chi connectivity index (χ0) is 14.4. The first kappa shape index (κ1) is 15.2. The fourth-order valence-electron chi connectivity index (χ4n) is 2.52. The Bertz CT molecular complexity index is 417. The molecule has 0 saturated carbocycles. The highest BCUT2D eigenvalue weighted by Crippen LogP contribution is 2.33. The van der Waals surface area contributed by atoms with Crippen molar-refractivity contribution < 1.29 is 9.47 Å². The molecule has 1 atom stereocenters. The summed E-state index contributed by atoms with van der Waals surface area (Å²) in [5.74, 6) is 2.44. The summed E-state index contributed by atoms with van der Waals surface area (Å²) in [4.78, 5) is 0. The standard InChI is InChI=1S/C17H27NO2/c1-4-8-18-15(11-13(2)3)14-6-7-16-17(12-14)20-10-5-9-19-16/h6-7,12-13,15,18H,4-5,8-11H2,1-3H3. The molecule has 1 aromatic carbocycles. The van der Waals surface area contributed by atoms with Crippen molar-refractivity contribution in [1.82, 2.24) is 5.32 Å². The number of hydrogen-bond donors (Lipinski definition) is 1. The number of ether oxygens (including phenoxy) is 2.